The number of halogens is 1. The lowest BCUT2D eigenvalue weighted by Gasteiger charge is -2.20. The van der Waals surface area contributed by atoms with Gasteiger partial charge in [-0.05, 0) is 29.9 Å². The Hall–Kier alpha value is -0.300. The fraction of sp³-hybridized carbons (Fsp3) is 0.500. The normalized spacial score (nSPS) is 13.3. The molecule has 0 heterocycles. The third-order valence-corrected chi connectivity index (χ3v) is 3.26. The molecule has 0 N–H and O–H groups in total. The molecule has 0 aliphatic carbocycles. The number of rotatable bonds is 3. The van der Waals surface area contributed by atoms with Crippen molar-refractivity contribution in [2.75, 3.05) is 5.33 Å². The summed E-state index contributed by atoms with van der Waals surface area (Å²) in [6.07, 6.45) is 0. The van der Waals surface area contributed by atoms with E-state index in [4.69, 9.17) is 0 Å². The molecule has 0 amide bonds. The van der Waals surface area contributed by atoms with Crippen molar-refractivity contribution in [2.45, 2.75) is 26.7 Å². The van der Waals surface area contributed by atoms with E-state index >= 15 is 0 Å². The van der Waals surface area contributed by atoms with Gasteiger partial charge in [-0.15, -0.1) is 0 Å². The maximum absolute atomic E-state index is 3.59. The minimum absolute atomic E-state index is 0.640. The second kappa shape index (κ2) is 4.80. The largest absolute Gasteiger partial charge is 0.0921 e. The van der Waals surface area contributed by atoms with Gasteiger partial charge < -0.3 is 0 Å². The number of alkyl halides is 1. The van der Waals surface area contributed by atoms with Crippen LogP contribution in [0, 0.1) is 12.8 Å². The van der Waals surface area contributed by atoms with E-state index in [0.29, 0.717) is 11.8 Å². The summed E-state index contributed by atoms with van der Waals surface area (Å²) in [4.78, 5) is 0. The van der Waals surface area contributed by atoms with E-state index in [1.807, 2.05) is 0 Å². The predicted molar refractivity (Wildman–Crippen MR) is 62.6 cm³/mol. The van der Waals surface area contributed by atoms with Gasteiger partial charge in [-0.1, -0.05) is 54.0 Å². The Morgan fingerprint density at radius 3 is 2.31 bits per heavy atom. The lowest BCUT2D eigenvalue weighted by molar-refractivity contribution is 0.542. The Labute approximate surface area is 89.5 Å². The van der Waals surface area contributed by atoms with Crippen molar-refractivity contribution >= 4 is 15.9 Å². The highest BCUT2D eigenvalue weighted by molar-refractivity contribution is 9.09. The Bertz CT molecular complexity index is 266. The second-order valence-electron chi connectivity index (χ2n) is 3.86. The van der Waals surface area contributed by atoms with Crippen molar-refractivity contribution in [3.63, 3.8) is 0 Å². The van der Waals surface area contributed by atoms with E-state index < -0.39 is 0 Å². The zero-order valence-corrected chi connectivity index (χ0v) is 10.1. The van der Waals surface area contributed by atoms with E-state index in [9.17, 15) is 0 Å². The molecule has 0 bridgehead atoms. The Kier molecular flexibility index (Phi) is 3.98. The summed E-state index contributed by atoms with van der Waals surface area (Å²) in [5, 5.41) is 1.05. The molecule has 0 radical (unpaired) electrons. The van der Waals surface area contributed by atoms with Crippen LogP contribution in [0.4, 0.5) is 0 Å². The first-order valence-corrected chi connectivity index (χ1v) is 5.90. The average molecular weight is 241 g/mol. The highest BCUT2D eigenvalue weighted by Crippen LogP contribution is 2.28. The Morgan fingerprint density at radius 1 is 1.23 bits per heavy atom. The maximum atomic E-state index is 3.59. The molecule has 72 valence electrons. The van der Waals surface area contributed by atoms with Crippen LogP contribution >= 0.6 is 15.9 Å². The van der Waals surface area contributed by atoms with Gasteiger partial charge >= 0.3 is 0 Å². The zero-order chi connectivity index (χ0) is 9.84. The van der Waals surface area contributed by atoms with Crippen molar-refractivity contribution in [3.05, 3.63) is 35.4 Å². The summed E-state index contributed by atoms with van der Waals surface area (Å²) in [5.74, 6) is 1.33. The standard InChI is InChI=1S/C12H17Br/c1-9(2)12(8-13)11-7-5-4-6-10(11)3/h4-7,9,12H,8H2,1-3H3. The third-order valence-electron chi connectivity index (χ3n) is 2.56. The van der Waals surface area contributed by atoms with Crippen LogP contribution in [-0.2, 0) is 0 Å². The van der Waals surface area contributed by atoms with Crippen molar-refractivity contribution in [2.24, 2.45) is 5.92 Å². The van der Waals surface area contributed by atoms with Gasteiger partial charge in [0.2, 0.25) is 0 Å². The molecule has 0 saturated carbocycles. The van der Waals surface area contributed by atoms with Crippen LogP contribution in [0.1, 0.15) is 30.9 Å². The molecule has 1 atom stereocenters. The van der Waals surface area contributed by atoms with E-state index in [-0.39, 0.29) is 0 Å². The summed E-state index contributed by atoms with van der Waals surface area (Å²) in [5.41, 5.74) is 2.88. The zero-order valence-electron chi connectivity index (χ0n) is 8.55. The monoisotopic (exact) mass is 240 g/mol. The van der Waals surface area contributed by atoms with Crippen LogP contribution in [0.2, 0.25) is 0 Å². The van der Waals surface area contributed by atoms with Gasteiger partial charge in [-0.3, -0.25) is 0 Å². The van der Waals surface area contributed by atoms with E-state index in [1.165, 1.54) is 11.1 Å². The summed E-state index contributed by atoms with van der Waals surface area (Å²) in [7, 11) is 0. The lowest BCUT2D eigenvalue weighted by atomic mass is 9.88. The van der Waals surface area contributed by atoms with E-state index in [2.05, 4.69) is 61.0 Å². The molecule has 1 aromatic carbocycles. The van der Waals surface area contributed by atoms with Crippen LogP contribution in [0.25, 0.3) is 0 Å². The smallest absolute Gasteiger partial charge is 0.0103 e. The van der Waals surface area contributed by atoms with Crippen LogP contribution in [0.5, 0.6) is 0 Å². The first-order chi connectivity index (χ1) is 6.16. The fourth-order valence-corrected chi connectivity index (χ4v) is 2.72. The van der Waals surface area contributed by atoms with Crippen molar-refractivity contribution in [1.29, 1.82) is 0 Å². The Morgan fingerprint density at radius 2 is 1.85 bits per heavy atom. The minimum Gasteiger partial charge on any atom is -0.0921 e. The molecule has 0 fully saturated rings. The van der Waals surface area contributed by atoms with Crippen molar-refractivity contribution in [1.82, 2.24) is 0 Å². The van der Waals surface area contributed by atoms with Gasteiger partial charge in [-0.25, -0.2) is 0 Å². The van der Waals surface area contributed by atoms with Gasteiger partial charge in [0.25, 0.3) is 0 Å². The van der Waals surface area contributed by atoms with Gasteiger partial charge in [0.05, 0.1) is 0 Å². The Balaban J connectivity index is 2.97. The molecular formula is C12H17Br. The topological polar surface area (TPSA) is 0 Å². The number of hydrogen-bond donors (Lipinski definition) is 0. The molecule has 0 spiro atoms. The molecule has 0 saturated heterocycles. The van der Waals surface area contributed by atoms with Crippen LogP contribution in [-0.4, -0.2) is 5.33 Å². The molecule has 1 unspecified atom stereocenters. The summed E-state index contributed by atoms with van der Waals surface area (Å²) >= 11 is 3.59. The minimum atomic E-state index is 0.640. The van der Waals surface area contributed by atoms with Gasteiger partial charge in [0.15, 0.2) is 0 Å². The predicted octanol–water partition coefficient (Wildman–Crippen LogP) is 4.13. The number of aryl methyl sites for hydroxylation is 1. The fourth-order valence-electron chi connectivity index (χ4n) is 1.62. The quantitative estimate of drug-likeness (QED) is 0.698. The van der Waals surface area contributed by atoms with Crippen LogP contribution in [0.3, 0.4) is 0 Å². The summed E-state index contributed by atoms with van der Waals surface area (Å²) in [6.45, 7) is 6.74. The number of hydrogen-bond acceptors (Lipinski definition) is 0. The molecule has 0 aromatic heterocycles. The molecule has 1 rings (SSSR count). The lowest BCUT2D eigenvalue weighted by Crippen LogP contribution is -2.09. The molecule has 1 aromatic rings. The first-order valence-electron chi connectivity index (χ1n) is 4.78. The van der Waals surface area contributed by atoms with E-state index in [1.54, 1.807) is 0 Å². The number of benzene rings is 1. The molecule has 13 heavy (non-hydrogen) atoms. The van der Waals surface area contributed by atoms with E-state index in [0.717, 1.165) is 5.33 Å². The molecule has 0 aliphatic rings. The van der Waals surface area contributed by atoms with Gasteiger partial charge in [-0.2, -0.15) is 0 Å². The molecule has 0 aliphatic heterocycles. The SMILES string of the molecule is Cc1ccccc1C(CBr)C(C)C. The third kappa shape index (κ3) is 2.57. The van der Waals surface area contributed by atoms with Crippen molar-refractivity contribution in [3.8, 4) is 0 Å². The highest BCUT2D eigenvalue weighted by atomic mass is 79.9. The van der Waals surface area contributed by atoms with Crippen LogP contribution < -0.4 is 0 Å². The summed E-state index contributed by atoms with van der Waals surface area (Å²) < 4.78 is 0. The first kappa shape index (κ1) is 10.8. The van der Waals surface area contributed by atoms with Gasteiger partial charge in [0, 0.05) is 5.33 Å². The van der Waals surface area contributed by atoms with Crippen LogP contribution in [0.15, 0.2) is 24.3 Å². The second-order valence-corrected chi connectivity index (χ2v) is 4.51. The molecule has 1 heteroatoms. The maximum Gasteiger partial charge on any atom is 0.0103 e. The van der Waals surface area contributed by atoms with Gasteiger partial charge in [0.1, 0.15) is 0 Å². The molecular weight excluding hydrogens is 224 g/mol. The average Bonchev–Trinajstić information content (AvgIpc) is 2.09. The summed E-state index contributed by atoms with van der Waals surface area (Å²) in [6, 6.07) is 8.65. The van der Waals surface area contributed by atoms with Crippen molar-refractivity contribution < 1.29 is 0 Å². The molecule has 0 nitrogen and oxygen atoms in total. The highest BCUT2D eigenvalue weighted by Gasteiger charge is 2.15.